The molecule has 0 saturated carbocycles. The Morgan fingerprint density at radius 2 is 1.79 bits per heavy atom. The second kappa shape index (κ2) is 10.8. The van der Waals surface area contributed by atoms with Gasteiger partial charge in [-0.25, -0.2) is 9.59 Å². The van der Waals surface area contributed by atoms with E-state index in [1.807, 2.05) is 65.0 Å². The van der Waals surface area contributed by atoms with E-state index in [4.69, 9.17) is 13.9 Å². The molecule has 1 aromatic heterocycles. The van der Waals surface area contributed by atoms with Crippen molar-refractivity contribution in [3.8, 4) is 22.8 Å². The summed E-state index contributed by atoms with van der Waals surface area (Å²) in [6.45, 7) is 10.2. The molecule has 3 rings (SSSR count). The highest BCUT2D eigenvalue weighted by molar-refractivity contribution is 7.99. The summed E-state index contributed by atoms with van der Waals surface area (Å²) in [5, 5.41) is 10.6. The van der Waals surface area contributed by atoms with Crippen LogP contribution in [0.25, 0.3) is 11.3 Å². The van der Waals surface area contributed by atoms with Gasteiger partial charge in [-0.15, -0.1) is 0 Å². The zero-order valence-corrected chi connectivity index (χ0v) is 20.9. The molecule has 0 unspecified atom stereocenters. The summed E-state index contributed by atoms with van der Waals surface area (Å²) >= 11 is 1.14. The number of carbonyl (C=O) groups excluding carboxylic acids is 1. The Morgan fingerprint density at radius 1 is 1.09 bits per heavy atom. The predicted molar refractivity (Wildman–Crippen MR) is 133 cm³/mol. The Labute approximate surface area is 203 Å². The highest BCUT2D eigenvalue weighted by Gasteiger charge is 2.22. The normalized spacial score (nSPS) is 11.5. The van der Waals surface area contributed by atoms with Crippen LogP contribution in [-0.2, 0) is 14.9 Å². The van der Waals surface area contributed by atoms with E-state index in [0.717, 1.165) is 22.2 Å². The third-order valence-corrected chi connectivity index (χ3v) is 6.01. The summed E-state index contributed by atoms with van der Waals surface area (Å²) in [6.07, 6.45) is 0. The average molecular weight is 483 g/mol. The molecule has 0 bridgehead atoms. The second-order valence-electron chi connectivity index (χ2n) is 9.35. The number of benzene rings is 2. The number of aromatic hydroxyl groups is 1. The minimum Gasteiger partial charge on any atom is -0.506 e. The highest BCUT2D eigenvalue weighted by Crippen LogP contribution is 2.40. The van der Waals surface area contributed by atoms with Crippen LogP contribution in [0.2, 0.25) is 0 Å². The lowest BCUT2D eigenvalue weighted by atomic mass is 9.87. The summed E-state index contributed by atoms with van der Waals surface area (Å²) in [6, 6.07) is 16.0. The van der Waals surface area contributed by atoms with E-state index in [0.29, 0.717) is 23.7 Å². The maximum atomic E-state index is 12.7. The van der Waals surface area contributed by atoms with Crippen LogP contribution in [0.1, 0.15) is 40.2 Å². The SMILES string of the molecule is CC(C)COC(=O)COc1ccc(Sc2c(O)cc(-c3ccccc3)oc2=O)c(C(C)(C)C)c1. The molecule has 1 heterocycles. The molecule has 180 valence electrons. The zero-order valence-electron chi connectivity index (χ0n) is 20.1. The molecular weight excluding hydrogens is 452 g/mol. The molecule has 0 saturated heterocycles. The monoisotopic (exact) mass is 482 g/mol. The van der Waals surface area contributed by atoms with Crippen molar-refractivity contribution < 1.29 is 23.8 Å². The first-order valence-corrected chi connectivity index (χ1v) is 11.9. The van der Waals surface area contributed by atoms with Crippen molar-refractivity contribution in [1.82, 2.24) is 0 Å². The fraction of sp³-hybridized carbons (Fsp3) is 0.333. The van der Waals surface area contributed by atoms with E-state index in [9.17, 15) is 14.7 Å². The maximum absolute atomic E-state index is 12.7. The smallest absolute Gasteiger partial charge is 0.354 e. The van der Waals surface area contributed by atoms with Gasteiger partial charge in [-0.05, 0) is 35.1 Å². The molecule has 2 aromatic carbocycles. The van der Waals surface area contributed by atoms with Crippen molar-refractivity contribution >= 4 is 17.7 Å². The van der Waals surface area contributed by atoms with Gasteiger partial charge in [-0.3, -0.25) is 0 Å². The topological polar surface area (TPSA) is 86.0 Å². The molecule has 0 aliphatic rings. The average Bonchev–Trinajstić information content (AvgIpc) is 2.78. The van der Waals surface area contributed by atoms with Crippen LogP contribution < -0.4 is 10.4 Å². The third kappa shape index (κ3) is 6.67. The number of ether oxygens (including phenoxy) is 2. The van der Waals surface area contributed by atoms with Gasteiger partial charge in [0.15, 0.2) is 6.61 Å². The van der Waals surface area contributed by atoms with Gasteiger partial charge >= 0.3 is 11.6 Å². The third-order valence-electron chi connectivity index (χ3n) is 4.85. The van der Waals surface area contributed by atoms with Crippen molar-refractivity contribution in [2.45, 2.75) is 49.8 Å². The Kier molecular flexibility index (Phi) is 8.10. The second-order valence-corrected chi connectivity index (χ2v) is 10.4. The Balaban J connectivity index is 1.84. The summed E-state index contributed by atoms with van der Waals surface area (Å²) in [5.74, 6) is 0.505. The minimum atomic E-state index is -0.614. The lowest BCUT2D eigenvalue weighted by Gasteiger charge is -2.23. The maximum Gasteiger partial charge on any atom is 0.354 e. The van der Waals surface area contributed by atoms with Crippen molar-refractivity contribution in [3.05, 3.63) is 70.6 Å². The number of rotatable bonds is 8. The van der Waals surface area contributed by atoms with Gasteiger partial charge in [0.2, 0.25) is 0 Å². The van der Waals surface area contributed by atoms with E-state index in [1.165, 1.54) is 6.07 Å². The summed E-state index contributed by atoms with van der Waals surface area (Å²) in [5.41, 5.74) is 0.697. The van der Waals surface area contributed by atoms with Crippen molar-refractivity contribution in [3.63, 3.8) is 0 Å². The van der Waals surface area contributed by atoms with Gasteiger partial charge in [0, 0.05) is 16.5 Å². The van der Waals surface area contributed by atoms with Gasteiger partial charge < -0.3 is 19.0 Å². The fourth-order valence-electron chi connectivity index (χ4n) is 3.14. The number of carbonyl (C=O) groups is 1. The molecule has 7 heteroatoms. The van der Waals surface area contributed by atoms with E-state index in [1.54, 1.807) is 18.2 Å². The quantitative estimate of drug-likeness (QED) is 0.392. The number of hydrogen-bond donors (Lipinski definition) is 1. The van der Waals surface area contributed by atoms with Gasteiger partial charge in [0.05, 0.1) is 6.61 Å². The lowest BCUT2D eigenvalue weighted by molar-refractivity contribution is -0.147. The standard InChI is InChI=1S/C27H30O6S/c1-17(2)15-32-24(29)16-31-19-11-12-23(20(13-19)27(3,4)5)34-25-21(28)14-22(33-26(25)30)18-9-7-6-8-10-18/h6-14,17,28H,15-16H2,1-5H3. The van der Waals surface area contributed by atoms with E-state index >= 15 is 0 Å². The molecule has 0 aliphatic heterocycles. The molecule has 0 atom stereocenters. The van der Waals surface area contributed by atoms with Crippen LogP contribution >= 0.6 is 11.8 Å². The predicted octanol–water partition coefficient (Wildman–Crippen LogP) is 6.04. The molecule has 3 aromatic rings. The first kappa shape index (κ1) is 25.4. The van der Waals surface area contributed by atoms with Crippen LogP contribution in [0.4, 0.5) is 0 Å². The molecule has 0 spiro atoms. The Morgan fingerprint density at radius 3 is 2.41 bits per heavy atom. The van der Waals surface area contributed by atoms with E-state index < -0.39 is 11.6 Å². The van der Waals surface area contributed by atoms with Gasteiger partial charge in [0.25, 0.3) is 0 Å². The van der Waals surface area contributed by atoms with Gasteiger partial charge in [-0.2, -0.15) is 0 Å². The molecular formula is C27H30O6S. The largest absolute Gasteiger partial charge is 0.506 e. The van der Waals surface area contributed by atoms with Gasteiger partial charge in [0.1, 0.15) is 22.2 Å². The Hall–Kier alpha value is -3.19. The molecule has 0 fully saturated rings. The zero-order chi connectivity index (χ0) is 24.9. The van der Waals surface area contributed by atoms with E-state index in [2.05, 4.69) is 0 Å². The summed E-state index contributed by atoms with van der Waals surface area (Å²) in [4.78, 5) is 25.5. The van der Waals surface area contributed by atoms with Crippen LogP contribution in [0.3, 0.4) is 0 Å². The first-order chi connectivity index (χ1) is 16.0. The molecule has 0 aliphatic carbocycles. The van der Waals surface area contributed by atoms with Crippen molar-refractivity contribution in [1.29, 1.82) is 0 Å². The van der Waals surface area contributed by atoms with E-state index in [-0.39, 0.29) is 28.6 Å². The molecule has 0 amide bonds. The Bertz CT molecular complexity index is 1190. The first-order valence-electron chi connectivity index (χ1n) is 11.1. The van der Waals surface area contributed by atoms with Crippen LogP contribution in [0.15, 0.2) is 73.6 Å². The van der Waals surface area contributed by atoms with Crippen LogP contribution in [-0.4, -0.2) is 24.3 Å². The lowest BCUT2D eigenvalue weighted by Crippen LogP contribution is -2.18. The van der Waals surface area contributed by atoms with Crippen LogP contribution in [0.5, 0.6) is 11.5 Å². The van der Waals surface area contributed by atoms with Crippen LogP contribution in [0, 0.1) is 5.92 Å². The summed E-state index contributed by atoms with van der Waals surface area (Å²) < 4.78 is 16.3. The fourth-order valence-corrected chi connectivity index (χ4v) is 4.26. The highest BCUT2D eigenvalue weighted by atomic mass is 32.2. The minimum absolute atomic E-state index is 0.108. The van der Waals surface area contributed by atoms with Gasteiger partial charge in [-0.1, -0.05) is 76.7 Å². The van der Waals surface area contributed by atoms with Crippen molar-refractivity contribution in [2.24, 2.45) is 5.92 Å². The molecule has 1 N–H and O–H groups in total. The molecule has 6 nitrogen and oxygen atoms in total. The van der Waals surface area contributed by atoms with Crippen molar-refractivity contribution in [2.75, 3.05) is 13.2 Å². The number of esters is 1. The molecule has 0 radical (unpaired) electrons. The summed E-state index contributed by atoms with van der Waals surface area (Å²) in [7, 11) is 0. The molecule has 34 heavy (non-hydrogen) atoms. The number of hydrogen-bond acceptors (Lipinski definition) is 7.